The average Bonchev–Trinajstić information content (AvgIpc) is 2.70. The zero-order valence-corrected chi connectivity index (χ0v) is 11.8. The van der Waals surface area contributed by atoms with Gasteiger partial charge in [-0.15, -0.1) is 0 Å². The summed E-state index contributed by atoms with van der Waals surface area (Å²) in [7, 11) is 0. The molecule has 0 radical (unpaired) electrons. The molecule has 0 saturated heterocycles. The highest BCUT2D eigenvalue weighted by Gasteiger charge is 2.07. The van der Waals surface area contributed by atoms with Crippen molar-refractivity contribution in [1.29, 1.82) is 0 Å². The molecule has 0 spiro atoms. The van der Waals surface area contributed by atoms with E-state index in [-0.39, 0.29) is 0 Å². The van der Waals surface area contributed by atoms with Crippen molar-refractivity contribution in [2.24, 2.45) is 0 Å². The van der Waals surface area contributed by atoms with Crippen molar-refractivity contribution in [2.75, 3.05) is 26.4 Å². The van der Waals surface area contributed by atoms with Gasteiger partial charge >= 0.3 is 0 Å². The molecule has 104 valence electrons. The molecule has 1 aromatic rings. The van der Waals surface area contributed by atoms with E-state index in [1.165, 1.54) is 0 Å². The smallest absolute Gasteiger partial charge is 0.118 e. The Hall–Kier alpha value is -0.840. The van der Waals surface area contributed by atoms with E-state index in [4.69, 9.17) is 13.9 Å². The lowest BCUT2D eigenvalue weighted by Crippen LogP contribution is -2.13. The topological polar surface area (TPSA) is 43.6 Å². The highest BCUT2D eigenvalue weighted by Crippen LogP contribution is 2.15. The summed E-state index contributed by atoms with van der Waals surface area (Å²) in [4.78, 5) is 0. The molecule has 1 N–H and O–H groups in total. The standard InChI is InChI=1S/C14H25NO3/c1-4-6-15-10-14-9-13(12(3)18-14)11-17-8-7-16-5-2/h9,15H,4-8,10-11H2,1-3H3. The first-order chi connectivity index (χ1) is 8.77. The molecule has 4 nitrogen and oxygen atoms in total. The van der Waals surface area contributed by atoms with Gasteiger partial charge in [0.15, 0.2) is 0 Å². The van der Waals surface area contributed by atoms with Crippen LogP contribution >= 0.6 is 0 Å². The maximum Gasteiger partial charge on any atom is 0.118 e. The predicted molar refractivity (Wildman–Crippen MR) is 71.6 cm³/mol. The third-order valence-electron chi connectivity index (χ3n) is 2.63. The van der Waals surface area contributed by atoms with Crippen LogP contribution in [0.15, 0.2) is 10.5 Å². The van der Waals surface area contributed by atoms with Gasteiger partial charge in [0.25, 0.3) is 0 Å². The van der Waals surface area contributed by atoms with Crippen molar-refractivity contribution >= 4 is 0 Å². The van der Waals surface area contributed by atoms with Gasteiger partial charge in [-0.2, -0.15) is 0 Å². The van der Waals surface area contributed by atoms with Gasteiger partial charge in [0, 0.05) is 12.2 Å². The molecule has 0 amide bonds. The van der Waals surface area contributed by atoms with E-state index in [2.05, 4.69) is 18.3 Å². The van der Waals surface area contributed by atoms with E-state index < -0.39 is 0 Å². The van der Waals surface area contributed by atoms with Crippen molar-refractivity contribution < 1.29 is 13.9 Å². The van der Waals surface area contributed by atoms with Crippen LogP contribution in [0.1, 0.15) is 37.4 Å². The molecule has 0 aliphatic rings. The van der Waals surface area contributed by atoms with E-state index >= 15 is 0 Å². The summed E-state index contributed by atoms with van der Waals surface area (Å²) in [5.41, 5.74) is 1.12. The summed E-state index contributed by atoms with van der Waals surface area (Å²) in [5.74, 6) is 1.92. The average molecular weight is 255 g/mol. The van der Waals surface area contributed by atoms with Gasteiger partial charge in [-0.05, 0) is 32.9 Å². The van der Waals surface area contributed by atoms with Crippen LogP contribution in [0, 0.1) is 6.92 Å². The monoisotopic (exact) mass is 255 g/mol. The van der Waals surface area contributed by atoms with Gasteiger partial charge in [0.05, 0.1) is 26.4 Å². The Morgan fingerprint density at radius 3 is 2.72 bits per heavy atom. The first-order valence-corrected chi connectivity index (χ1v) is 6.72. The minimum Gasteiger partial charge on any atom is -0.465 e. The molecule has 0 atom stereocenters. The molecule has 0 unspecified atom stereocenters. The summed E-state index contributed by atoms with van der Waals surface area (Å²) in [6, 6.07) is 2.07. The second-order valence-electron chi connectivity index (χ2n) is 4.22. The highest BCUT2D eigenvalue weighted by molar-refractivity contribution is 5.19. The van der Waals surface area contributed by atoms with Crippen LogP contribution in [0.3, 0.4) is 0 Å². The van der Waals surface area contributed by atoms with Gasteiger partial charge < -0.3 is 19.2 Å². The fraction of sp³-hybridized carbons (Fsp3) is 0.714. The van der Waals surface area contributed by atoms with Gasteiger partial charge in [0.2, 0.25) is 0 Å². The SMILES string of the molecule is CCCNCc1cc(COCCOCC)c(C)o1. The zero-order valence-electron chi connectivity index (χ0n) is 11.8. The Balaban J connectivity index is 2.27. The largest absolute Gasteiger partial charge is 0.465 e. The molecule has 1 rings (SSSR count). The van der Waals surface area contributed by atoms with Crippen LogP contribution in [0.2, 0.25) is 0 Å². The summed E-state index contributed by atoms with van der Waals surface area (Å²) in [5, 5.41) is 3.32. The van der Waals surface area contributed by atoms with E-state index in [0.717, 1.165) is 43.2 Å². The third-order valence-corrected chi connectivity index (χ3v) is 2.63. The molecular weight excluding hydrogens is 230 g/mol. The maximum atomic E-state index is 5.67. The molecule has 0 fully saturated rings. The highest BCUT2D eigenvalue weighted by atomic mass is 16.5. The molecule has 18 heavy (non-hydrogen) atoms. The lowest BCUT2D eigenvalue weighted by Gasteiger charge is -2.02. The van der Waals surface area contributed by atoms with Gasteiger partial charge in [0.1, 0.15) is 11.5 Å². The number of hydrogen-bond acceptors (Lipinski definition) is 4. The van der Waals surface area contributed by atoms with Crippen molar-refractivity contribution in [3.63, 3.8) is 0 Å². The summed E-state index contributed by atoms with van der Waals surface area (Å²) >= 11 is 0. The Bertz CT molecular complexity index is 323. The molecule has 0 aliphatic carbocycles. The Morgan fingerprint density at radius 1 is 1.22 bits per heavy atom. The first-order valence-electron chi connectivity index (χ1n) is 6.72. The molecular formula is C14H25NO3. The fourth-order valence-corrected chi connectivity index (χ4v) is 1.65. The Kier molecular flexibility index (Phi) is 7.73. The minimum atomic E-state index is 0.593. The lowest BCUT2D eigenvalue weighted by atomic mass is 10.2. The molecule has 0 bridgehead atoms. The second kappa shape index (κ2) is 9.14. The molecule has 0 aliphatic heterocycles. The Morgan fingerprint density at radius 2 is 2.00 bits per heavy atom. The molecule has 0 saturated carbocycles. The number of nitrogens with one attached hydrogen (secondary N) is 1. The van der Waals surface area contributed by atoms with E-state index in [1.807, 2.05) is 13.8 Å². The summed E-state index contributed by atoms with van der Waals surface area (Å²) in [6.07, 6.45) is 1.13. The third kappa shape index (κ3) is 5.67. The van der Waals surface area contributed by atoms with Gasteiger partial charge in [-0.3, -0.25) is 0 Å². The predicted octanol–water partition coefficient (Wildman–Crippen LogP) is 2.64. The number of ether oxygens (including phenoxy) is 2. The Labute approximate surface area is 110 Å². The zero-order chi connectivity index (χ0) is 13.2. The summed E-state index contributed by atoms with van der Waals surface area (Å²) in [6.45, 7) is 10.5. The second-order valence-corrected chi connectivity index (χ2v) is 4.22. The van der Waals surface area contributed by atoms with Crippen LogP contribution in [-0.2, 0) is 22.6 Å². The molecule has 0 aromatic carbocycles. The van der Waals surface area contributed by atoms with E-state index in [0.29, 0.717) is 19.8 Å². The lowest BCUT2D eigenvalue weighted by molar-refractivity contribution is 0.0449. The van der Waals surface area contributed by atoms with E-state index in [1.54, 1.807) is 0 Å². The van der Waals surface area contributed by atoms with Crippen molar-refractivity contribution in [3.05, 3.63) is 23.2 Å². The van der Waals surface area contributed by atoms with Crippen molar-refractivity contribution in [3.8, 4) is 0 Å². The van der Waals surface area contributed by atoms with Gasteiger partial charge in [-0.25, -0.2) is 0 Å². The van der Waals surface area contributed by atoms with Crippen LogP contribution in [-0.4, -0.2) is 26.4 Å². The quantitative estimate of drug-likeness (QED) is 0.653. The number of furan rings is 1. The number of hydrogen-bond donors (Lipinski definition) is 1. The van der Waals surface area contributed by atoms with Gasteiger partial charge in [-0.1, -0.05) is 6.92 Å². The molecule has 1 heterocycles. The van der Waals surface area contributed by atoms with Crippen molar-refractivity contribution in [1.82, 2.24) is 5.32 Å². The number of rotatable bonds is 10. The first kappa shape index (κ1) is 15.2. The van der Waals surface area contributed by atoms with Crippen LogP contribution < -0.4 is 5.32 Å². The van der Waals surface area contributed by atoms with Crippen LogP contribution in [0.4, 0.5) is 0 Å². The van der Waals surface area contributed by atoms with E-state index in [9.17, 15) is 0 Å². The van der Waals surface area contributed by atoms with Crippen LogP contribution in [0.25, 0.3) is 0 Å². The molecule has 1 aromatic heterocycles. The number of aryl methyl sites for hydroxylation is 1. The van der Waals surface area contributed by atoms with Crippen LogP contribution in [0.5, 0.6) is 0 Å². The minimum absolute atomic E-state index is 0.593. The normalized spacial score (nSPS) is 11.1. The summed E-state index contributed by atoms with van der Waals surface area (Å²) < 4.78 is 16.4. The van der Waals surface area contributed by atoms with Crippen molar-refractivity contribution in [2.45, 2.75) is 40.3 Å². The maximum absolute atomic E-state index is 5.67. The molecule has 4 heteroatoms. The fourth-order valence-electron chi connectivity index (χ4n) is 1.65.